The van der Waals surface area contributed by atoms with Crippen molar-refractivity contribution in [3.05, 3.63) is 70.3 Å². The van der Waals surface area contributed by atoms with Crippen LogP contribution in [-0.2, 0) is 11.2 Å². The molecule has 1 atom stereocenters. The summed E-state index contributed by atoms with van der Waals surface area (Å²) in [5, 5.41) is 13.4. The number of non-ortho nitro benzene ring substituents is 1. The second-order valence-electron chi connectivity index (χ2n) is 5.53. The first kappa shape index (κ1) is 17.5. The van der Waals surface area contributed by atoms with Crippen molar-refractivity contribution in [3.8, 4) is 5.75 Å². The molecule has 2 aromatic carbocycles. The van der Waals surface area contributed by atoms with E-state index in [0.29, 0.717) is 5.75 Å². The van der Waals surface area contributed by atoms with Crippen molar-refractivity contribution in [1.29, 1.82) is 0 Å². The van der Waals surface area contributed by atoms with Gasteiger partial charge >= 0.3 is 0 Å². The van der Waals surface area contributed by atoms with Crippen molar-refractivity contribution >= 4 is 11.6 Å². The number of nitro groups is 1. The second-order valence-corrected chi connectivity index (χ2v) is 5.53. The van der Waals surface area contributed by atoms with Gasteiger partial charge in [-0.3, -0.25) is 14.9 Å². The van der Waals surface area contributed by atoms with Crippen LogP contribution in [0.4, 0.5) is 5.69 Å². The van der Waals surface area contributed by atoms with Gasteiger partial charge in [0.25, 0.3) is 11.6 Å². The number of nitrogens with zero attached hydrogens (tertiary/aromatic N) is 1. The first-order chi connectivity index (χ1) is 11.5. The minimum Gasteiger partial charge on any atom is -0.484 e. The van der Waals surface area contributed by atoms with E-state index in [-0.39, 0.29) is 24.2 Å². The molecule has 0 aliphatic carbocycles. The monoisotopic (exact) mass is 328 g/mol. The van der Waals surface area contributed by atoms with E-state index in [4.69, 9.17) is 4.74 Å². The summed E-state index contributed by atoms with van der Waals surface area (Å²) in [4.78, 5) is 22.0. The van der Waals surface area contributed by atoms with Crippen molar-refractivity contribution in [2.24, 2.45) is 0 Å². The highest BCUT2D eigenvalue weighted by Gasteiger charge is 2.09. The summed E-state index contributed by atoms with van der Waals surface area (Å²) in [6, 6.07) is 15.8. The zero-order valence-electron chi connectivity index (χ0n) is 13.5. The molecule has 0 spiro atoms. The van der Waals surface area contributed by atoms with Crippen molar-refractivity contribution in [2.75, 3.05) is 6.61 Å². The summed E-state index contributed by atoms with van der Waals surface area (Å²) in [6.45, 7) is 1.83. The fraction of sp³-hybridized carbons (Fsp3) is 0.278. The number of hydrogen-bond donors (Lipinski definition) is 1. The number of aryl methyl sites for hydroxylation is 1. The van der Waals surface area contributed by atoms with Gasteiger partial charge in [0, 0.05) is 18.2 Å². The zero-order valence-corrected chi connectivity index (χ0v) is 13.5. The van der Waals surface area contributed by atoms with E-state index < -0.39 is 4.92 Å². The minimum absolute atomic E-state index is 0.0127. The van der Waals surface area contributed by atoms with Gasteiger partial charge in [0.05, 0.1) is 4.92 Å². The first-order valence-electron chi connectivity index (χ1n) is 7.75. The van der Waals surface area contributed by atoms with Crippen LogP contribution in [0.1, 0.15) is 18.9 Å². The molecular weight excluding hydrogens is 308 g/mol. The van der Waals surface area contributed by atoms with Gasteiger partial charge in [0.2, 0.25) is 0 Å². The van der Waals surface area contributed by atoms with Crippen LogP contribution in [0.25, 0.3) is 0 Å². The Kier molecular flexibility index (Phi) is 6.31. The molecule has 2 rings (SSSR count). The van der Waals surface area contributed by atoms with Crippen LogP contribution in [-0.4, -0.2) is 23.5 Å². The van der Waals surface area contributed by atoms with Gasteiger partial charge in [-0.15, -0.1) is 0 Å². The van der Waals surface area contributed by atoms with Crippen molar-refractivity contribution in [3.63, 3.8) is 0 Å². The summed E-state index contributed by atoms with van der Waals surface area (Å²) in [5.74, 6) is 0.210. The number of ether oxygens (including phenoxy) is 1. The van der Waals surface area contributed by atoms with E-state index in [2.05, 4.69) is 17.4 Å². The number of amides is 1. The Morgan fingerprint density at radius 3 is 2.46 bits per heavy atom. The maximum absolute atomic E-state index is 11.9. The molecule has 0 aliphatic heterocycles. The SMILES string of the molecule is CC(CCc1ccccc1)NC(=O)COc1ccc([N+](=O)[O-])cc1. The van der Waals surface area contributed by atoms with Crippen LogP contribution in [0.2, 0.25) is 0 Å². The molecule has 1 N–H and O–H groups in total. The van der Waals surface area contributed by atoms with E-state index in [1.54, 1.807) is 0 Å². The summed E-state index contributed by atoms with van der Waals surface area (Å²) in [7, 11) is 0. The van der Waals surface area contributed by atoms with Crippen molar-refractivity contribution < 1.29 is 14.5 Å². The third-order valence-corrected chi connectivity index (χ3v) is 3.53. The predicted molar refractivity (Wildman–Crippen MR) is 91.0 cm³/mol. The maximum atomic E-state index is 11.9. The first-order valence-corrected chi connectivity index (χ1v) is 7.75. The summed E-state index contributed by atoms with van der Waals surface area (Å²) < 4.78 is 5.33. The Hall–Kier alpha value is -2.89. The van der Waals surface area contributed by atoms with Crippen LogP contribution >= 0.6 is 0 Å². The zero-order chi connectivity index (χ0) is 17.4. The maximum Gasteiger partial charge on any atom is 0.269 e. The molecule has 0 radical (unpaired) electrons. The molecule has 6 nitrogen and oxygen atoms in total. The van der Waals surface area contributed by atoms with Gasteiger partial charge in [-0.05, 0) is 37.5 Å². The molecule has 6 heteroatoms. The van der Waals surface area contributed by atoms with Gasteiger partial charge in [0.1, 0.15) is 5.75 Å². The largest absolute Gasteiger partial charge is 0.484 e. The van der Waals surface area contributed by atoms with E-state index in [9.17, 15) is 14.9 Å². The number of rotatable bonds is 8. The molecule has 1 unspecified atom stereocenters. The normalized spacial score (nSPS) is 11.5. The fourth-order valence-corrected chi connectivity index (χ4v) is 2.23. The van der Waals surface area contributed by atoms with Crippen LogP contribution in [0.15, 0.2) is 54.6 Å². The molecule has 126 valence electrons. The molecular formula is C18H20N2O4. The minimum atomic E-state index is -0.481. The smallest absolute Gasteiger partial charge is 0.269 e. The average molecular weight is 328 g/mol. The molecule has 0 bridgehead atoms. The van der Waals surface area contributed by atoms with Crippen LogP contribution in [0, 0.1) is 10.1 Å². The van der Waals surface area contributed by atoms with Gasteiger partial charge < -0.3 is 10.1 Å². The third kappa shape index (κ3) is 5.72. The lowest BCUT2D eigenvalue weighted by Crippen LogP contribution is -2.36. The summed E-state index contributed by atoms with van der Waals surface area (Å²) >= 11 is 0. The van der Waals surface area contributed by atoms with Gasteiger partial charge in [0.15, 0.2) is 6.61 Å². The topological polar surface area (TPSA) is 81.5 Å². The molecule has 0 heterocycles. The molecule has 2 aromatic rings. The Bertz CT molecular complexity index is 671. The van der Waals surface area contributed by atoms with Crippen molar-refractivity contribution in [2.45, 2.75) is 25.8 Å². The number of hydrogen-bond acceptors (Lipinski definition) is 4. The quantitative estimate of drug-likeness (QED) is 0.596. The average Bonchev–Trinajstić information content (AvgIpc) is 2.59. The standard InChI is InChI=1S/C18H20N2O4/c1-14(7-8-15-5-3-2-4-6-15)19-18(21)13-24-17-11-9-16(10-12-17)20(22)23/h2-6,9-12,14H,7-8,13H2,1H3,(H,19,21). The number of benzene rings is 2. The van der Waals surface area contributed by atoms with E-state index in [1.165, 1.54) is 29.8 Å². The van der Waals surface area contributed by atoms with E-state index >= 15 is 0 Å². The number of nitrogens with one attached hydrogen (secondary N) is 1. The molecule has 0 aliphatic rings. The number of nitro benzene ring substituents is 1. The Morgan fingerprint density at radius 2 is 1.83 bits per heavy atom. The van der Waals surface area contributed by atoms with Crippen molar-refractivity contribution in [1.82, 2.24) is 5.32 Å². The molecule has 24 heavy (non-hydrogen) atoms. The summed E-state index contributed by atoms with van der Waals surface area (Å²) in [6.07, 6.45) is 1.73. The molecule has 0 saturated heterocycles. The lowest BCUT2D eigenvalue weighted by Gasteiger charge is -2.14. The predicted octanol–water partition coefficient (Wildman–Crippen LogP) is 3.11. The molecule has 0 fully saturated rings. The Morgan fingerprint density at radius 1 is 1.17 bits per heavy atom. The van der Waals surface area contributed by atoms with Gasteiger partial charge in [-0.1, -0.05) is 30.3 Å². The fourth-order valence-electron chi connectivity index (χ4n) is 2.23. The lowest BCUT2D eigenvalue weighted by molar-refractivity contribution is -0.384. The Labute approximate surface area is 140 Å². The van der Waals surface area contributed by atoms with Crippen LogP contribution in [0.3, 0.4) is 0 Å². The second kappa shape index (κ2) is 8.67. The molecule has 1 amide bonds. The molecule has 0 aromatic heterocycles. The highest BCUT2D eigenvalue weighted by Crippen LogP contribution is 2.17. The van der Waals surface area contributed by atoms with E-state index in [0.717, 1.165) is 12.8 Å². The van der Waals surface area contributed by atoms with Crippen LogP contribution in [0.5, 0.6) is 5.75 Å². The van der Waals surface area contributed by atoms with Gasteiger partial charge in [-0.2, -0.15) is 0 Å². The third-order valence-electron chi connectivity index (χ3n) is 3.53. The highest BCUT2D eigenvalue weighted by atomic mass is 16.6. The lowest BCUT2D eigenvalue weighted by atomic mass is 10.1. The number of carbonyl (C=O) groups excluding carboxylic acids is 1. The van der Waals surface area contributed by atoms with Gasteiger partial charge in [-0.25, -0.2) is 0 Å². The van der Waals surface area contributed by atoms with E-state index in [1.807, 2.05) is 25.1 Å². The molecule has 0 saturated carbocycles. The van der Waals surface area contributed by atoms with Crippen LogP contribution < -0.4 is 10.1 Å². The number of carbonyl (C=O) groups is 1. The highest BCUT2D eigenvalue weighted by molar-refractivity contribution is 5.77. The Balaban J connectivity index is 1.71. The summed E-state index contributed by atoms with van der Waals surface area (Å²) in [5.41, 5.74) is 1.22.